The van der Waals surface area contributed by atoms with Gasteiger partial charge in [0.25, 0.3) is 5.69 Å². The van der Waals surface area contributed by atoms with Crippen LogP contribution in [-0.4, -0.2) is 9.91 Å². The summed E-state index contributed by atoms with van der Waals surface area (Å²) in [6.45, 7) is 0. The normalized spacial score (nSPS) is 11.0. The SMILES string of the molecule is Nc1nc(-c2cccc([N+](=O)[O-])c2)c(N=Nc2ccccc2)s1. The van der Waals surface area contributed by atoms with Gasteiger partial charge in [0.1, 0.15) is 5.69 Å². The maximum atomic E-state index is 10.9. The molecule has 0 amide bonds. The monoisotopic (exact) mass is 325 g/mol. The molecule has 114 valence electrons. The molecule has 7 nitrogen and oxygen atoms in total. The fourth-order valence-electron chi connectivity index (χ4n) is 1.95. The van der Waals surface area contributed by atoms with E-state index >= 15 is 0 Å². The predicted molar refractivity (Wildman–Crippen MR) is 89.2 cm³/mol. The molecule has 8 heteroatoms. The maximum Gasteiger partial charge on any atom is 0.270 e. The van der Waals surface area contributed by atoms with E-state index in [0.29, 0.717) is 27.1 Å². The van der Waals surface area contributed by atoms with Crippen molar-refractivity contribution in [2.24, 2.45) is 10.2 Å². The molecule has 0 saturated carbocycles. The summed E-state index contributed by atoms with van der Waals surface area (Å²) >= 11 is 1.18. The zero-order valence-corrected chi connectivity index (χ0v) is 12.6. The molecule has 0 atom stereocenters. The van der Waals surface area contributed by atoms with Crippen LogP contribution >= 0.6 is 11.3 Å². The number of nitro benzene ring substituents is 1. The van der Waals surface area contributed by atoms with E-state index in [9.17, 15) is 10.1 Å². The molecule has 0 saturated heterocycles. The van der Waals surface area contributed by atoms with Crippen LogP contribution in [0.1, 0.15) is 0 Å². The third-order valence-electron chi connectivity index (χ3n) is 2.97. The molecule has 0 bridgehead atoms. The maximum absolute atomic E-state index is 10.9. The minimum atomic E-state index is -0.454. The molecule has 2 N–H and O–H groups in total. The summed E-state index contributed by atoms with van der Waals surface area (Å²) in [6, 6.07) is 15.4. The molecular weight excluding hydrogens is 314 g/mol. The van der Waals surface area contributed by atoms with Gasteiger partial charge in [-0.25, -0.2) is 4.98 Å². The van der Waals surface area contributed by atoms with E-state index in [4.69, 9.17) is 5.73 Å². The fourth-order valence-corrected chi connectivity index (χ4v) is 2.63. The summed E-state index contributed by atoms with van der Waals surface area (Å²) in [7, 11) is 0. The second kappa shape index (κ2) is 6.32. The lowest BCUT2D eigenvalue weighted by Crippen LogP contribution is -1.88. The second-order valence-electron chi connectivity index (χ2n) is 4.55. The number of non-ortho nitro benzene ring substituents is 1. The molecule has 0 radical (unpaired) electrons. The van der Waals surface area contributed by atoms with Crippen molar-refractivity contribution < 1.29 is 4.92 Å². The molecule has 1 aromatic heterocycles. The molecule has 0 fully saturated rings. The Labute approximate surface area is 135 Å². The Kier molecular flexibility index (Phi) is 4.07. The molecule has 1 heterocycles. The number of benzene rings is 2. The number of aromatic nitrogens is 1. The van der Waals surface area contributed by atoms with E-state index in [2.05, 4.69) is 15.2 Å². The highest BCUT2D eigenvalue weighted by molar-refractivity contribution is 7.19. The molecule has 0 aliphatic heterocycles. The Morgan fingerprint density at radius 2 is 1.87 bits per heavy atom. The van der Waals surface area contributed by atoms with Gasteiger partial charge in [0.2, 0.25) is 0 Å². The largest absolute Gasteiger partial charge is 0.375 e. The third-order valence-corrected chi connectivity index (χ3v) is 3.74. The third kappa shape index (κ3) is 3.38. The highest BCUT2D eigenvalue weighted by atomic mass is 32.1. The molecule has 0 unspecified atom stereocenters. The lowest BCUT2D eigenvalue weighted by Gasteiger charge is -1.98. The van der Waals surface area contributed by atoms with E-state index in [1.807, 2.05) is 30.3 Å². The number of nitrogens with zero attached hydrogens (tertiary/aromatic N) is 4. The Morgan fingerprint density at radius 1 is 1.09 bits per heavy atom. The van der Waals surface area contributed by atoms with Crippen molar-refractivity contribution in [1.29, 1.82) is 0 Å². The van der Waals surface area contributed by atoms with Gasteiger partial charge in [-0.2, -0.15) is 0 Å². The quantitative estimate of drug-likeness (QED) is 0.425. The van der Waals surface area contributed by atoms with Crippen LogP contribution in [0.25, 0.3) is 11.3 Å². The van der Waals surface area contributed by atoms with Crippen LogP contribution in [0.2, 0.25) is 0 Å². The van der Waals surface area contributed by atoms with E-state index in [-0.39, 0.29) is 5.69 Å². The number of nitrogen functional groups attached to an aromatic ring is 1. The summed E-state index contributed by atoms with van der Waals surface area (Å²) in [4.78, 5) is 14.7. The Hall–Kier alpha value is -3.13. The molecule has 0 aliphatic rings. The summed E-state index contributed by atoms with van der Waals surface area (Å²) in [5, 5.41) is 20.1. The lowest BCUT2D eigenvalue weighted by molar-refractivity contribution is -0.384. The minimum absolute atomic E-state index is 0.0139. The molecule has 3 aromatic rings. The van der Waals surface area contributed by atoms with Gasteiger partial charge in [-0.05, 0) is 12.1 Å². The van der Waals surface area contributed by atoms with Gasteiger partial charge in [-0.1, -0.05) is 41.7 Å². The van der Waals surface area contributed by atoms with Crippen molar-refractivity contribution in [3.05, 3.63) is 64.7 Å². The number of hydrogen-bond donors (Lipinski definition) is 1. The zero-order valence-electron chi connectivity index (χ0n) is 11.8. The van der Waals surface area contributed by atoms with E-state index in [1.54, 1.807) is 12.1 Å². The van der Waals surface area contributed by atoms with Gasteiger partial charge in [-0.15, -0.1) is 10.2 Å². The summed E-state index contributed by atoms with van der Waals surface area (Å²) in [6.07, 6.45) is 0. The Bertz CT molecular complexity index is 877. The van der Waals surface area contributed by atoms with Crippen LogP contribution in [0.4, 0.5) is 21.5 Å². The number of nitrogens with two attached hydrogens (primary N) is 1. The standard InChI is InChI=1S/C15H11N5O2S/c16-15-17-13(10-5-4-8-12(9-10)20(21)22)14(23-15)19-18-11-6-2-1-3-7-11/h1-9H,(H2,16,17). The highest BCUT2D eigenvalue weighted by Gasteiger charge is 2.14. The number of anilines is 1. The van der Waals surface area contributed by atoms with Crippen molar-refractivity contribution >= 4 is 32.8 Å². The number of nitro groups is 1. The summed E-state index contributed by atoms with van der Waals surface area (Å²) < 4.78 is 0. The first kappa shape index (κ1) is 14.8. The van der Waals surface area contributed by atoms with Crippen molar-refractivity contribution in [3.63, 3.8) is 0 Å². The first-order chi connectivity index (χ1) is 11.1. The number of hydrogen-bond acceptors (Lipinski definition) is 7. The summed E-state index contributed by atoms with van der Waals surface area (Å²) in [5.74, 6) is 0. The zero-order chi connectivity index (χ0) is 16.2. The average Bonchev–Trinajstić information content (AvgIpc) is 2.95. The first-order valence-corrected chi connectivity index (χ1v) is 7.43. The Morgan fingerprint density at radius 3 is 2.61 bits per heavy atom. The molecule has 0 spiro atoms. The van der Waals surface area contributed by atoms with Crippen LogP contribution < -0.4 is 5.73 Å². The van der Waals surface area contributed by atoms with Crippen LogP contribution in [0.15, 0.2) is 64.8 Å². The van der Waals surface area contributed by atoms with Crippen molar-refractivity contribution in [2.45, 2.75) is 0 Å². The van der Waals surface area contributed by atoms with Gasteiger partial charge < -0.3 is 5.73 Å². The molecular formula is C15H11N5O2S. The number of rotatable bonds is 4. The van der Waals surface area contributed by atoms with Crippen LogP contribution in [0.3, 0.4) is 0 Å². The van der Waals surface area contributed by atoms with Gasteiger partial charge in [-0.3, -0.25) is 10.1 Å². The van der Waals surface area contributed by atoms with Gasteiger partial charge >= 0.3 is 0 Å². The number of thiazole rings is 1. The molecule has 23 heavy (non-hydrogen) atoms. The lowest BCUT2D eigenvalue weighted by atomic mass is 10.1. The van der Waals surface area contributed by atoms with Crippen molar-refractivity contribution in [1.82, 2.24) is 4.98 Å². The second-order valence-corrected chi connectivity index (χ2v) is 5.56. The highest BCUT2D eigenvalue weighted by Crippen LogP contribution is 2.38. The molecule has 2 aromatic carbocycles. The molecule has 0 aliphatic carbocycles. The average molecular weight is 325 g/mol. The van der Waals surface area contributed by atoms with Crippen molar-refractivity contribution in [2.75, 3.05) is 5.73 Å². The predicted octanol–water partition coefficient (Wildman–Crippen LogP) is 4.72. The van der Waals surface area contributed by atoms with Crippen molar-refractivity contribution in [3.8, 4) is 11.3 Å². The molecule has 3 rings (SSSR count). The van der Waals surface area contributed by atoms with Gasteiger partial charge in [0, 0.05) is 17.7 Å². The van der Waals surface area contributed by atoms with E-state index in [1.165, 1.54) is 23.5 Å². The number of azo groups is 1. The summed E-state index contributed by atoms with van der Waals surface area (Å²) in [5.41, 5.74) is 7.50. The first-order valence-electron chi connectivity index (χ1n) is 6.61. The smallest absolute Gasteiger partial charge is 0.270 e. The van der Waals surface area contributed by atoms with Crippen LogP contribution in [0, 0.1) is 10.1 Å². The van der Waals surface area contributed by atoms with Gasteiger partial charge in [0.05, 0.1) is 10.6 Å². The van der Waals surface area contributed by atoms with E-state index in [0.717, 1.165) is 0 Å². The minimum Gasteiger partial charge on any atom is -0.375 e. The van der Waals surface area contributed by atoms with Crippen LogP contribution in [0.5, 0.6) is 0 Å². The fraction of sp³-hybridized carbons (Fsp3) is 0. The van der Waals surface area contributed by atoms with Gasteiger partial charge in [0.15, 0.2) is 10.1 Å². The van der Waals surface area contributed by atoms with E-state index < -0.39 is 4.92 Å². The van der Waals surface area contributed by atoms with Crippen LogP contribution in [-0.2, 0) is 0 Å². The Balaban J connectivity index is 1.99. The topological polar surface area (TPSA) is 107 Å².